The first-order valence-electron chi connectivity index (χ1n) is 6.54. The Balaban J connectivity index is 1.89. The molecule has 0 unspecified atom stereocenters. The summed E-state index contributed by atoms with van der Waals surface area (Å²) >= 11 is 1.30. The number of aromatic nitrogens is 3. The molecule has 2 rings (SSSR count). The summed E-state index contributed by atoms with van der Waals surface area (Å²) in [5, 5.41) is 12.4. The molecular weight excluding hydrogens is 302 g/mol. The average molecular weight is 319 g/mol. The summed E-state index contributed by atoms with van der Waals surface area (Å²) in [6.45, 7) is 1.82. The van der Waals surface area contributed by atoms with Crippen molar-refractivity contribution in [2.24, 2.45) is 12.1 Å². The summed E-state index contributed by atoms with van der Waals surface area (Å²) in [4.78, 5) is 11.8. The van der Waals surface area contributed by atoms with Gasteiger partial charge in [-0.2, -0.15) is 5.10 Å². The molecule has 1 aromatic carbocycles. The van der Waals surface area contributed by atoms with E-state index < -0.39 is 0 Å². The molecule has 0 saturated heterocycles. The molecule has 1 N–H and O–H groups in total. The van der Waals surface area contributed by atoms with Crippen LogP contribution in [0.4, 0.5) is 0 Å². The number of aryl methyl sites for hydroxylation is 1. The van der Waals surface area contributed by atoms with Gasteiger partial charge in [0.15, 0.2) is 5.16 Å². The molecule has 0 fully saturated rings. The van der Waals surface area contributed by atoms with Gasteiger partial charge < -0.3 is 9.30 Å². The van der Waals surface area contributed by atoms with E-state index in [1.807, 2.05) is 38.2 Å². The number of carbonyl (C=O) groups is 1. The minimum atomic E-state index is -0.199. The highest BCUT2D eigenvalue weighted by Crippen LogP contribution is 2.14. The maximum absolute atomic E-state index is 11.8. The zero-order valence-corrected chi connectivity index (χ0v) is 13.4. The van der Waals surface area contributed by atoms with E-state index in [0.717, 1.165) is 11.3 Å². The first-order chi connectivity index (χ1) is 10.6. The second-order valence-corrected chi connectivity index (χ2v) is 5.42. The number of ether oxygens (including phenoxy) is 1. The van der Waals surface area contributed by atoms with Gasteiger partial charge in [0.05, 0.1) is 18.6 Å². The smallest absolute Gasteiger partial charge is 0.250 e. The third kappa shape index (κ3) is 4.32. The lowest BCUT2D eigenvalue weighted by Gasteiger charge is -2.05. The molecule has 0 saturated carbocycles. The molecule has 0 aliphatic heterocycles. The van der Waals surface area contributed by atoms with E-state index in [2.05, 4.69) is 20.7 Å². The number of hydrogen-bond acceptors (Lipinski definition) is 6. The van der Waals surface area contributed by atoms with Crippen molar-refractivity contribution in [2.45, 2.75) is 12.1 Å². The molecule has 1 heterocycles. The molecule has 2 aromatic rings. The number of hydrogen-bond donors (Lipinski definition) is 1. The van der Waals surface area contributed by atoms with E-state index >= 15 is 0 Å². The first kappa shape index (κ1) is 16.0. The van der Waals surface area contributed by atoms with E-state index in [-0.39, 0.29) is 11.7 Å². The highest BCUT2D eigenvalue weighted by Gasteiger charge is 2.06. The predicted molar refractivity (Wildman–Crippen MR) is 85.1 cm³/mol. The van der Waals surface area contributed by atoms with Gasteiger partial charge in [-0.3, -0.25) is 4.79 Å². The van der Waals surface area contributed by atoms with Crippen LogP contribution in [0.5, 0.6) is 5.75 Å². The van der Waals surface area contributed by atoms with Gasteiger partial charge in [-0.15, -0.1) is 10.2 Å². The van der Waals surface area contributed by atoms with Crippen LogP contribution in [0.2, 0.25) is 0 Å². The number of thioether (sulfide) groups is 1. The van der Waals surface area contributed by atoms with E-state index in [9.17, 15) is 4.79 Å². The van der Waals surface area contributed by atoms with Gasteiger partial charge in [0.25, 0.3) is 5.91 Å². The van der Waals surface area contributed by atoms with Crippen LogP contribution < -0.4 is 10.2 Å². The van der Waals surface area contributed by atoms with E-state index in [1.165, 1.54) is 11.8 Å². The van der Waals surface area contributed by atoms with Gasteiger partial charge in [-0.1, -0.05) is 23.9 Å². The highest BCUT2D eigenvalue weighted by atomic mass is 32.2. The van der Waals surface area contributed by atoms with Crippen molar-refractivity contribution < 1.29 is 9.53 Å². The first-order valence-corrected chi connectivity index (χ1v) is 7.53. The van der Waals surface area contributed by atoms with Crippen molar-refractivity contribution in [1.82, 2.24) is 20.2 Å². The summed E-state index contributed by atoms with van der Waals surface area (Å²) in [5.74, 6) is 0.771. The molecule has 8 heteroatoms. The molecule has 7 nitrogen and oxygen atoms in total. The van der Waals surface area contributed by atoms with E-state index in [4.69, 9.17) is 4.74 Å². The van der Waals surface area contributed by atoms with Crippen LogP contribution in [0.3, 0.4) is 0 Å². The number of benzene rings is 1. The van der Waals surface area contributed by atoms with Gasteiger partial charge in [-0.05, 0) is 19.1 Å². The summed E-state index contributed by atoms with van der Waals surface area (Å²) in [6.07, 6.45) is 1.59. The second-order valence-electron chi connectivity index (χ2n) is 4.48. The van der Waals surface area contributed by atoms with E-state index in [0.29, 0.717) is 10.9 Å². The number of nitrogens with zero attached hydrogens (tertiary/aromatic N) is 4. The second kappa shape index (κ2) is 7.60. The van der Waals surface area contributed by atoms with Crippen LogP contribution in [0.25, 0.3) is 0 Å². The quantitative estimate of drug-likeness (QED) is 0.495. The third-order valence-electron chi connectivity index (χ3n) is 2.84. The number of nitrogens with one attached hydrogen (secondary N) is 1. The summed E-state index contributed by atoms with van der Waals surface area (Å²) in [6, 6.07) is 7.49. The Labute approximate surface area is 132 Å². The fourth-order valence-electron chi connectivity index (χ4n) is 1.62. The van der Waals surface area contributed by atoms with Crippen molar-refractivity contribution in [3.8, 4) is 5.75 Å². The molecular formula is C14H17N5O2S. The number of methoxy groups -OCH3 is 1. The number of hydrazone groups is 1. The lowest BCUT2D eigenvalue weighted by Crippen LogP contribution is -2.21. The Morgan fingerprint density at radius 3 is 3.00 bits per heavy atom. The predicted octanol–water partition coefficient (Wildman–Crippen LogP) is 1.46. The Kier molecular flexibility index (Phi) is 5.54. The Hall–Kier alpha value is -2.35. The maximum atomic E-state index is 11.8. The van der Waals surface area contributed by atoms with Gasteiger partial charge >= 0.3 is 0 Å². The van der Waals surface area contributed by atoms with Crippen LogP contribution in [0.1, 0.15) is 12.5 Å². The topological polar surface area (TPSA) is 81.4 Å². The summed E-state index contributed by atoms with van der Waals surface area (Å²) in [7, 11) is 3.43. The van der Waals surface area contributed by atoms with Crippen molar-refractivity contribution >= 4 is 23.4 Å². The lowest BCUT2D eigenvalue weighted by atomic mass is 10.1. The van der Waals surface area contributed by atoms with Crippen molar-refractivity contribution in [2.75, 3.05) is 12.9 Å². The standard InChI is InChI=1S/C14H17N5O2S/c1-10(11-5-4-6-12(7-11)21-3)16-17-13(20)8-22-14-18-15-9-19(14)2/h4-7,9H,8H2,1-3H3,(H,17,20). The molecule has 116 valence electrons. The van der Waals surface area contributed by atoms with Crippen molar-refractivity contribution in [3.63, 3.8) is 0 Å². The van der Waals surface area contributed by atoms with Gasteiger partial charge in [-0.25, -0.2) is 5.43 Å². The van der Waals surface area contributed by atoms with Gasteiger partial charge in [0, 0.05) is 12.6 Å². The molecule has 22 heavy (non-hydrogen) atoms. The third-order valence-corrected chi connectivity index (χ3v) is 3.87. The fraction of sp³-hybridized carbons (Fsp3) is 0.286. The SMILES string of the molecule is COc1cccc(C(C)=NNC(=O)CSc2nncn2C)c1. The molecule has 0 atom stereocenters. The van der Waals surface area contributed by atoms with Gasteiger partial charge in [0.1, 0.15) is 12.1 Å². The normalized spacial score (nSPS) is 11.3. The minimum Gasteiger partial charge on any atom is -0.497 e. The van der Waals surface area contributed by atoms with E-state index in [1.54, 1.807) is 18.0 Å². The molecule has 1 amide bonds. The number of rotatable bonds is 6. The molecule has 0 spiro atoms. The molecule has 0 radical (unpaired) electrons. The highest BCUT2D eigenvalue weighted by molar-refractivity contribution is 7.99. The molecule has 0 aliphatic carbocycles. The number of carbonyl (C=O) groups excluding carboxylic acids is 1. The zero-order valence-electron chi connectivity index (χ0n) is 12.6. The fourth-order valence-corrected chi connectivity index (χ4v) is 2.30. The van der Waals surface area contributed by atoms with Crippen LogP contribution in [0, 0.1) is 0 Å². The average Bonchev–Trinajstić information content (AvgIpc) is 2.95. The van der Waals surface area contributed by atoms with Gasteiger partial charge in [0.2, 0.25) is 0 Å². The molecule has 1 aromatic heterocycles. The lowest BCUT2D eigenvalue weighted by molar-refractivity contribution is -0.118. The van der Waals surface area contributed by atoms with Crippen LogP contribution in [-0.2, 0) is 11.8 Å². The Bertz CT molecular complexity index is 683. The monoisotopic (exact) mass is 319 g/mol. The van der Waals surface area contributed by atoms with Crippen LogP contribution in [0.15, 0.2) is 40.9 Å². The van der Waals surface area contributed by atoms with Crippen LogP contribution in [-0.4, -0.2) is 39.2 Å². The molecule has 0 aliphatic rings. The Morgan fingerprint density at radius 1 is 1.50 bits per heavy atom. The Morgan fingerprint density at radius 2 is 2.32 bits per heavy atom. The largest absolute Gasteiger partial charge is 0.497 e. The maximum Gasteiger partial charge on any atom is 0.250 e. The molecule has 0 bridgehead atoms. The number of amides is 1. The van der Waals surface area contributed by atoms with Crippen molar-refractivity contribution in [1.29, 1.82) is 0 Å². The van der Waals surface area contributed by atoms with Crippen LogP contribution >= 0.6 is 11.8 Å². The summed E-state index contributed by atoms with van der Waals surface area (Å²) < 4.78 is 6.91. The zero-order chi connectivity index (χ0) is 15.9. The van der Waals surface area contributed by atoms with Crippen molar-refractivity contribution in [3.05, 3.63) is 36.2 Å². The summed E-state index contributed by atoms with van der Waals surface area (Å²) in [5.41, 5.74) is 4.12. The minimum absolute atomic E-state index is 0.199.